The van der Waals surface area contributed by atoms with Gasteiger partial charge in [0.25, 0.3) is 5.56 Å². The zero-order chi connectivity index (χ0) is 13.9. The number of hydrogen-bond acceptors (Lipinski definition) is 3. The SMILES string of the molecule is O=c1c2ccccc2nc(CCl)n1CCc1ccco1. The molecule has 2 heterocycles. The van der Waals surface area contributed by atoms with Crippen molar-refractivity contribution in [1.29, 1.82) is 0 Å². The van der Waals surface area contributed by atoms with Gasteiger partial charge in [0.2, 0.25) is 0 Å². The summed E-state index contributed by atoms with van der Waals surface area (Å²) in [5, 5.41) is 0.612. The highest BCUT2D eigenvalue weighted by Gasteiger charge is 2.10. The first-order valence-electron chi connectivity index (χ1n) is 6.36. The molecule has 3 rings (SSSR count). The molecule has 0 fully saturated rings. The molecule has 0 amide bonds. The van der Waals surface area contributed by atoms with Crippen LogP contribution in [0.4, 0.5) is 0 Å². The number of fused-ring (bicyclic) bond motifs is 1. The Morgan fingerprint density at radius 3 is 2.80 bits per heavy atom. The van der Waals surface area contributed by atoms with Crippen molar-refractivity contribution < 1.29 is 4.42 Å². The van der Waals surface area contributed by atoms with Crippen molar-refractivity contribution in [3.05, 3.63) is 64.6 Å². The number of hydrogen-bond donors (Lipinski definition) is 0. The molecule has 4 nitrogen and oxygen atoms in total. The van der Waals surface area contributed by atoms with Crippen molar-refractivity contribution >= 4 is 22.5 Å². The Balaban J connectivity index is 2.04. The van der Waals surface area contributed by atoms with E-state index in [0.717, 1.165) is 5.76 Å². The van der Waals surface area contributed by atoms with Gasteiger partial charge in [0.05, 0.1) is 23.0 Å². The van der Waals surface area contributed by atoms with E-state index in [1.165, 1.54) is 0 Å². The second-order valence-corrected chi connectivity index (χ2v) is 4.73. The first-order chi connectivity index (χ1) is 9.79. The topological polar surface area (TPSA) is 48.0 Å². The molecule has 0 aliphatic heterocycles. The summed E-state index contributed by atoms with van der Waals surface area (Å²) in [6.07, 6.45) is 2.26. The summed E-state index contributed by atoms with van der Waals surface area (Å²) in [4.78, 5) is 17.0. The van der Waals surface area contributed by atoms with Gasteiger partial charge in [-0.25, -0.2) is 4.98 Å². The summed E-state index contributed by atoms with van der Waals surface area (Å²) in [6.45, 7) is 0.506. The summed E-state index contributed by atoms with van der Waals surface area (Å²) in [6, 6.07) is 11.0. The molecular weight excluding hydrogens is 276 g/mol. The smallest absolute Gasteiger partial charge is 0.261 e. The van der Waals surface area contributed by atoms with Crippen molar-refractivity contribution in [2.45, 2.75) is 18.8 Å². The third-order valence-corrected chi connectivity index (χ3v) is 3.46. The lowest BCUT2D eigenvalue weighted by Gasteiger charge is -2.11. The van der Waals surface area contributed by atoms with Gasteiger partial charge in [0.1, 0.15) is 11.6 Å². The van der Waals surface area contributed by atoms with Crippen LogP contribution in [0.1, 0.15) is 11.6 Å². The van der Waals surface area contributed by atoms with Gasteiger partial charge in [-0.05, 0) is 24.3 Å². The van der Waals surface area contributed by atoms with Crippen LogP contribution in [0.5, 0.6) is 0 Å². The molecule has 0 atom stereocenters. The maximum absolute atomic E-state index is 12.5. The van der Waals surface area contributed by atoms with Gasteiger partial charge in [-0.3, -0.25) is 9.36 Å². The monoisotopic (exact) mass is 288 g/mol. The standard InChI is InChI=1S/C15H13ClN2O2/c16-10-14-17-13-6-2-1-5-12(13)15(19)18(14)8-7-11-4-3-9-20-11/h1-6,9H,7-8,10H2. The fourth-order valence-corrected chi connectivity index (χ4v) is 2.43. The average Bonchev–Trinajstić information content (AvgIpc) is 2.99. The van der Waals surface area contributed by atoms with Crippen LogP contribution in [0.25, 0.3) is 10.9 Å². The van der Waals surface area contributed by atoms with E-state index in [1.807, 2.05) is 30.3 Å². The quantitative estimate of drug-likeness (QED) is 0.694. The van der Waals surface area contributed by atoms with Gasteiger partial charge in [0, 0.05) is 13.0 Å². The Kier molecular flexibility index (Phi) is 3.56. The Hall–Kier alpha value is -2.07. The number of aromatic nitrogens is 2. The van der Waals surface area contributed by atoms with Crippen LogP contribution in [0, 0.1) is 0 Å². The molecule has 0 aliphatic rings. The molecule has 0 aliphatic carbocycles. The molecule has 0 saturated heterocycles. The summed E-state index contributed by atoms with van der Waals surface area (Å²) in [7, 11) is 0. The third kappa shape index (κ3) is 2.34. The first kappa shape index (κ1) is 12.9. The second kappa shape index (κ2) is 5.51. The Labute approximate surface area is 120 Å². The predicted octanol–water partition coefficient (Wildman–Crippen LogP) is 2.97. The van der Waals surface area contributed by atoms with Crippen LogP contribution in [-0.4, -0.2) is 9.55 Å². The number of halogens is 1. The van der Waals surface area contributed by atoms with Crippen molar-refractivity contribution in [2.24, 2.45) is 0 Å². The van der Waals surface area contributed by atoms with E-state index >= 15 is 0 Å². The second-order valence-electron chi connectivity index (χ2n) is 4.46. The Morgan fingerprint density at radius 2 is 2.05 bits per heavy atom. The maximum Gasteiger partial charge on any atom is 0.261 e. The Morgan fingerprint density at radius 1 is 1.20 bits per heavy atom. The van der Waals surface area contributed by atoms with E-state index < -0.39 is 0 Å². The minimum Gasteiger partial charge on any atom is -0.469 e. The molecular formula is C15H13ClN2O2. The lowest BCUT2D eigenvalue weighted by molar-refractivity contribution is 0.485. The number of benzene rings is 1. The number of nitrogens with zero attached hydrogens (tertiary/aromatic N) is 2. The highest BCUT2D eigenvalue weighted by Crippen LogP contribution is 2.10. The molecule has 5 heteroatoms. The fraction of sp³-hybridized carbons (Fsp3) is 0.200. The summed E-state index contributed by atoms with van der Waals surface area (Å²) < 4.78 is 6.91. The van der Waals surface area contributed by atoms with Gasteiger partial charge in [-0.2, -0.15) is 0 Å². The number of alkyl halides is 1. The third-order valence-electron chi connectivity index (χ3n) is 3.22. The van der Waals surface area contributed by atoms with E-state index in [-0.39, 0.29) is 11.4 Å². The number of furan rings is 1. The zero-order valence-corrected chi connectivity index (χ0v) is 11.5. The van der Waals surface area contributed by atoms with Crippen molar-refractivity contribution in [3.8, 4) is 0 Å². The minimum absolute atomic E-state index is 0.0576. The normalized spacial score (nSPS) is 11.1. The minimum atomic E-state index is -0.0576. The van der Waals surface area contributed by atoms with E-state index in [4.69, 9.17) is 16.0 Å². The molecule has 0 saturated carbocycles. The van der Waals surface area contributed by atoms with Crippen LogP contribution >= 0.6 is 11.6 Å². The highest BCUT2D eigenvalue weighted by atomic mass is 35.5. The van der Waals surface area contributed by atoms with Crippen LogP contribution < -0.4 is 5.56 Å². The van der Waals surface area contributed by atoms with E-state index in [1.54, 1.807) is 16.9 Å². The largest absolute Gasteiger partial charge is 0.469 e. The fourth-order valence-electron chi connectivity index (χ4n) is 2.22. The molecule has 20 heavy (non-hydrogen) atoms. The number of rotatable bonds is 4. The Bertz CT molecular complexity index is 778. The van der Waals surface area contributed by atoms with Crippen molar-refractivity contribution in [2.75, 3.05) is 0 Å². The molecule has 3 aromatic rings. The molecule has 0 radical (unpaired) electrons. The van der Waals surface area contributed by atoms with Crippen LogP contribution in [0.3, 0.4) is 0 Å². The van der Waals surface area contributed by atoms with Gasteiger partial charge in [-0.15, -0.1) is 11.6 Å². The molecule has 2 aromatic heterocycles. The summed E-state index contributed by atoms with van der Waals surface area (Å²) in [5.41, 5.74) is 0.625. The van der Waals surface area contributed by atoms with Gasteiger partial charge < -0.3 is 4.42 Å². The lowest BCUT2D eigenvalue weighted by Crippen LogP contribution is -2.25. The summed E-state index contributed by atoms with van der Waals surface area (Å²) in [5.74, 6) is 1.63. The van der Waals surface area contributed by atoms with Gasteiger partial charge in [0.15, 0.2) is 0 Å². The average molecular weight is 289 g/mol. The molecule has 0 N–H and O–H groups in total. The zero-order valence-electron chi connectivity index (χ0n) is 10.8. The molecule has 102 valence electrons. The molecule has 1 aromatic carbocycles. The molecule has 0 bridgehead atoms. The van der Waals surface area contributed by atoms with Crippen LogP contribution in [-0.2, 0) is 18.8 Å². The van der Waals surface area contributed by atoms with Gasteiger partial charge >= 0.3 is 0 Å². The molecule has 0 unspecified atom stereocenters. The summed E-state index contributed by atoms with van der Waals surface area (Å²) >= 11 is 5.92. The predicted molar refractivity (Wildman–Crippen MR) is 78.0 cm³/mol. The van der Waals surface area contributed by atoms with Crippen LogP contribution in [0.15, 0.2) is 51.9 Å². The lowest BCUT2D eigenvalue weighted by atomic mass is 10.2. The van der Waals surface area contributed by atoms with E-state index in [2.05, 4.69) is 4.98 Å². The van der Waals surface area contributed by atoms with Crippen LogP contribution in [0.2, 0.25) is 0 Å². The highest BCUT2D eigenvalue weighted by molar-refractivity contribution is 6.16. The molecule has 0 spiro atoms. The van der Waals surface area contributed by atoms with Crippen molar-refractivity contribution in [3.63, 3.8) is 0 Å². The van der Waals surface area contributed by atoms with E-state index in [9.17, 15) is 4.79 Å². The van der Waals surface area contributed by atoms with Gasteiger partial charge in [-0.1, -0.05) is 12.1 Å². The number of aryl methyl sites for hydroxylation is 1. The first-order valence-corrected chi connectivity index (χ1v) is 6.90. The van der Waals surface area contributed by atoms with E-state index in [0.29, 0.717) is 29.7 Å². The number of para-hydroxylation sites is 1. The van der Waals surface area contributed by atoms with Crippen molar-refractivity contribution in [1.82, 2.24) is 9.55 Å². The maximum atomic E-state index is 12.5.